The van der Waals surface area contributed by atoms with Gasteiger partial charge >= 0.3 is 0 Å². The molecule has 0 spiro atoms. The number of para-hydroxylation sites is 1. The Morgan fingerprint density at radius 2 is 1.88 bits per heavy atom. The van der Waals surface area contributed by atoms with E-state index in [0.29, 0.717) is 0 Å². The Morgan fingerprint density at radius 3 is 2.71 bits per heavy atom. The zero-order chi connectivity index (χ0) is 11.7. The van der Waals surface area contributed by atoms with Crippen LogP contribution in [0.1, 0.15) is 0 Å². The molecule has 1 N–H and O–H groups in total. The fourth-order valence-electron chi connectivity index (χ4n) is 2.03. The van der Waals surface area contributed by atoms with Crippen LogP contribution in [-0.2, 0) is 0 Å². The monoisotopic (exact) mass is 223 g/mol. The van der Waals surface area contributed by atoms with Crippen molar-refractivity contribution in [2.24, 2.45) is 0 Å². The number of nitrogens with one attached hydrogen (secondary N) is 1. The summed E-state index contributed by atoms with van der Waals surface area (Å²) in [5, 5.41) is 1.14. The lowest BCUT2D eigenvalue weighted by Crippen LogP contribution is -2.09. The van der Waals surface area contributed by atoms with Crippen LogP contribution in [0.3, 0.4) is 0 Å². The molecule has 2 heterocycles. The molecule has 0 saturated heterocycles. The smallest absolute Gasteiger partial charge is 0.139 e. The van der Waals surface area contributed by atoms with E-state index in [0.717, 1.165) is 16.7 Å². The van der Waals surface area contributed by atoms with E-state index in [1.54, 1.807) is 0 Å². The summed E-state index contributed by atoms with van der Waals surface area (Å²) in [5.74, 6) is 0. The zero-order valence-electron chi connectivity index (χ0n) is 9.59. The number of H-pyrrole nitrogens is 1. The quantitative estimate of drug-likeness (QED) is 0.722. The summed E-state index contributed by atoms with van der Waals surface area (Å²) in [6.07, 6.45) is 3.74. The molecule has 0 fully saturated rings. The highest BCUT2D eigenvalue weighted by molar-refractivity contribution is 5.91. The second kappa shape index (κ2) is 3.94. The number of hydrogen-bond donors (Lipinski definition) is 1. The van der Waals surface area contributed by atoms with Crippen LogP contribution in [0.15, 0.2) is 54.9 Å². The maximum absolute atomic E-state index is 4.30. The van der Waals surface area contributed by atoms with Crippen LogP contribution in [0.4, 0.5) is 11.4 Å². The van der Waals surface area contributed by atoms with Gasteiger partial charge in [-0.05, 0) is 24.3 Å². The van der Waals surface area contributed by atoms with Gasteiger partial charge in [-0.1, -0.05) is 18.2 Å². The van der Waals surface area contributed by atoms with Gasteiger partial charge in [0, 0.05) is 30.5 Å². The number of anilines is 2. The van der Waals surface area contributed by atoms with E-state index in [-0.39, 0.29) is 0 Å². The van der Waals surface area contributed by atoms with E-state index in [1.165, 1.54) is 5.69 Å². The number of pyridine rings is 1. The third-order valence-electron chi connectivity index (χ3n) is 2.94. The Balaban J connectivity index is 2.13. The molecule has 3 rings (SSSR count). The number of aromatic nitrogens is 2. The Morgan fingerprint density at radius 1 is 1.06 bits per heavy atom. The first-order valence-electron chi connectivity index (χ1n) is 5.57. The Labute approximate surface area is 99.7 Å². The van der Waals surface area contributed by atoms with Gasteiger partial charge in [-0.25, -0.2) is 4.98 Å². The Bertz CT molecular complexity index is 628. The fourth-order valence-corrected chi connectivity index (χ4v) is 2.03. The summed E-state index contributed by atoms with van der Waals surface area (Å²) in [5.41, 5.74) is 3.24. The summed E-state index contributed by atoms with van der Waals surface area (Å²) in [6.45, 7) is 0. The molecule has 0 aliphatic carbocycles. The van der Waals surface area contributed by atoms with Crippen LogP contribution in [0, 0.1) is 0 Å². The van der Waals surface area contributed by atoms with Gasteiger partial charge < -0.3 is 9.88 Å². The summed E-state index contributed by atoms with van der Waals surface area (Å²) in [6, 6.07) is 14.4. The van der Waals surface area contributed by atoms with Gasteiger partial charge in [0.15, 0.2) is 0 Å². The highest BCUT2D eigenvalue weighted by Crippen LogP contribution is 2.29. The van der Waals surface area contributed by atoms with Crippen LogP contribution in [0.5, 0.6) is 0 Å². The molecule has 1 aromatic carbocycles. The van der Waals surface area contributed by atoms with Crippen LogP contribution in [0.2, 0.25) is 0 Å². The Kier molecular flexibility index (Phi) is 2.29. The third-order valence-corrected chi connectivity index (χ3v) is 2.94. The highest BCUT2D eigenvalue weighted by atomic mass is 15.1. The van der Waals surface area contributed by atoms with Crippen molar-refractivity contribution < 1.29 is 0 Å². The van der Waals surface area contributed by atoms with E-state index >= 15 is 0 Å². The average molecular weight is 223 g/mol. The normalized spacial score (nSPS) is 10.6. The molecule has 0 atom stereocenters. The molecular formula is C14H13N3. The van der Waals surface area contributed by atoms with Gasteiger partial charge in [-0.15, -0.1) is 0 Å². The van der Waals surface area contributed by atoms with Crippen molar-refractivity contribution in [2.45, 2.75) is 0 Å². The lowest BCUT2D eigenvalue weighted by Gasteiger charge is -2.20. The molecule has 0 bridgehead atoms. The SMILES string of the molecule is CN(c1ccccc1)c1ccnc2[nH]ccc12. The fraction of sp³-hybridized carbons (Fsp3) is 0.0714. The van der Waals surface area contributed by atoms with Crippen LogP contribution >= 0.6 is 0 Å². The predicted molar refractivity (Wildman–Crippen MR) is 70.6 cm³/mol. The Hall–Kier alpha value is -2.29. The molecule has 0 radical (unpaired) electrons. The molecule has 0 aliphatic rings. The number of aromatic amines is 1. The largest absolute Gasteiger partial charge is 0.346 e. The molecule has 2 aromatic heterocycles. The molecule has 0 aliphatic heterocycles. The number of benzene rings is 1. The molecular weight excluding hydrogens is 210 g/mol. The predicted octanol–water partition coefficient (Wildman–Crippen LogP) is 3.33. The van der Waals surface area contributed by atoms with E-state index in [9.17, 15) is 0 Å². The minimum atomic E-state index is 0.922. The third kappa shape index (κ3) is 1.65. The second-order valence-electron chi connectivity index (χ2n) is 3.96. The molecule has 3 aromatic rings. The minimum Gasteiger partial charge on any atom is -0.346 e. The van der Waals surface area contributed by atoms with Gasteiger partial charge in [0.25, 0.3) is 0 Å². The van der Waals surface area contributed by atoms with Gasteiger partial charge in [0.05, 0.1) is 5.69 Å². The molecule has 3 heteroatoms. The molecule has 0 amide bonds. The van der Waals surface area contributed by atoms with E-state index in [4.69, 9.17) is 0 Å². The highest BCUT2D eigenvalue weighted by Gasteiger charge is 2.08. The van der Waals surface area contributed by atoms with Gasteiger partial charge in [0.2, 0.25) is 0 Å². The summed E-state index contributed by atoms with van der Waals surface area (Å²) >= 11 is 0. The molecule has 0 saturated carbocycles. The number of hydrogen-bond acceptors (Lipinski definition) is 2. The lowest BCUT2D eigenvalue weighted by atomic mass is 10.2. The van der Waals surface area contributed by atoms with Crippen molar-refractivity contribution in [3.63, 3.8) is 0 Å². The number of rotatable bonds is 2. The van der Waals surface area contributed by atoms with Crippen molar-refractivity contribution in [3.8, 4) is 0 Å². The van der Waals surface area contributed by atoms with Crippen LogP contribution in [-0.4, -0.2) is 17.0 Å². The standard InChI is InChI=1S/C14H13N3/c1-17(11-5-3-2-4-6-11)13-8-10-16-14-12(13)7-9-15-14/h2-10H,1H3,(H,15,16). The summed E-state index contributed by atoms with van der Waals surface area (Å²) in [7, 11) is 2.07. The number of nitrogens with zero attached hydrogens (tertiary/aromatic N) is 2. The maximum atomic E-state index is 4.30. The van der Waals surface area contributed by atoms with Crippen molar-refractivity contribution in [1.29, 1.82) is 0 Å². The van der Waals surface area contributed by atoms with Gasteiger partial charge in [-0.2, -0.15) is 0 Å². The zero-order valence-corrected chi connectivity index (χ0v) is 9.59. The molecule has 17 heavy (non-hydrogen) atoms. The van der Waals surface area contributed by atoms with Crippen LogP contribution < -0.4 is 4.90 Å². The lowest BCUT2D eigenvalue weighted by molar-refractivity contribution is 1.21. The van der Waals surface area contributed by atoms with Gasteiger partial charge in [-0.3, -0.25) is 0 Å². The van der Waals surface area contributed by atoms with E-state index in [2.05, 4.69) is 40.1 Å². The average Bonchev–Trinajstić information content (AvgIpc) is 2.87. The summed E-state index contributed by atoms with van der Waals surface area (Å²) < 4.78 is 0. The second-order valence-corrected chi connectivity index (χ2v) is 3.96. The first kappa shape index (κ1) is 9.90. The first-order chi connectivity index (χ1) is 8.36. The first-order valence-corrected chi connectivity index (χ1v) is 5.57. The molecule has 0 unspecified atom stereocenters. The number of fused-ring (bicyclic) bond motifs is 1. The van der Waals surface area contributed by atoms with Gasteiger partial charge in [0.1, 0.15) is 5.65 Å². The van der Waals surface area contributed by atoms with E-state index < -0.39 is 0 Å². The molecule has 84 valence electrons. The van der Waals surface area contributed by atoms with Crippen LogP contribution in [0.25, 0.3) is 11.0 Å². The van der Waals surface area contributed by atoms with Crippen molar-refractivity contribution in [3.05, 3.63) is 54.9 Å². The minimum absolute atomic E-state index is 0.922. The van der Waals surface area contributed by atoms with Crippen molar-refractivity contribution >= 4 is 22.4 Å². The van der Waals surface area contributed by atoms with Crippen molar-refractivity contribution in [2.75, 3.05) is 11.9 Å². The van der Waals surface area contributed by atoms with E-state index in [1.807, 2.05) is 36.7 Å². The summed E-state index contributed by atoms with van der Waals surface area (Å²) in [4.78, 5) is 9.59. The topological polar surface area (TPSA) is 31.9 Å². The maximum Gasteiger partial charge on any atom is 0.139 e. The van der Waals surface area contributed by atoms with Crippen molar-refractivity contribution in [1.82, 2.24) is 9.97 Å². The molecule has 3 nitrogen and oxygen atoms in total.